The molecule has 3 rings (SSSR count). The van der Waals surface area contributed by atoms with Crippen LogP contribution >= 0.6 is 0 Å². The zero-order chi connectivity index (χ0) is 19.2. The van der Waals surface area contributed by atoms with E-state index in [-0.39, 0.29) is 18.4 Å². The van der Waals surface area contributed by atoms with E-state index in [1.807, 2.05) is 36.1 Å². The molecule has 0 saturated carbocycles. The lowest BCUT2D eigenvalue weighted by Gasteiger charge is -2.26. The lowest BCUT2D eigenvalue weighted by Crippen LogP contribution is -2.35. The van der Waals surface area contributed by atoms with E-state index in [4.69, 9.17) is 0 Å². The number of hydrogen-bond acceptors (Lipinski definition) is 3. The minimum absolute atomic E-state index is 0.0408. The van der Waals surface area contributed by atoms with Gasteiger partial charge < -0.3 is 15.5 Å². The minimum Gasteiger partial charge on any atom is -0.376 e. The van der Waals surface area contributed by atoms with Crippen molar-refractivity contribution in [2.24, 2.45) is 0 Å². The lowest BCUT2D eigenvalue weighted by atomic mass is 10.1. The van der Waals surface area contributed by atoms with E-state index < -0.39 is 0 Å². The summed E-state index contributed by atoms with van der Waals surface area (Å²) in [7, 11) is 0. The van der Waals surface area contributed by atoms with E-state index in [1.165, 1.54) is 17.5 Å². The fourth-order valence-electron chi connectivity index (χ4n) is 3.25. The summed E-state index contributed by atoms with van der Waals surface area (Å²) in [5.41, 5.74) is 4.59. The van der Waals surface area contributed by atoms with Crippen LogP contribution in [0.2, 0.25) is 0 Å². The van der Waals surface area contributed by atoms with Gasteiger partial charge in [-0.3, -0.25) is 9.59 Å². The molecule has 5 heteroatoms. The van der Waals surface area contributed by atoms with Gasteiger partial charge in [0.05, 0.1) is 6.54 Å². The normalized spacial score (nSPS) is 13.9. The summed E-state index contributed by atoms with van der Waals surface area (Å²) < 4.78 is 0. The molecule has 2 N–H and O–H groups in total. The first-order chi connectivity index (χ1) is 13.0. The number of amides is 2. The van der Waals surface area contributed by atoms with Gasteiger partial charge in [0.2, 0.25) is 5.91 Å². The number of piperidine rings is 1. The van der Waals surface area contributed by atoms with Crippen LogP contribution in [0.15, 0.2) is 42.5 Å². The Morgan fingerprint density at radius 1 is 0.926 bits per heavy atom. The summed E-state index contributed by atoms with van der Waals surface area (Å²) in [4.78, 5) is 26.8. The molecule has 0 aromatic heterocycles. The van der Waals surface area contributed by atoms with Gasteiger partial charge in [-0.25, -0.2) is 0 Å². The van der Waals surface area contributed by atoms with Crippen molar-refractivity contribution in [3.63, 3.8) is 0 Å². The van der Waals surface area contributed by atoms with Crippen LogP contribution in [-0.4, -0.2) is 36.3 Å². The van der Waals surface area contributed by atoms with E-state index >= 15 is 0 Å². The summed E-state index contributed by atoms with van der Waals surface area (Å²) in [5.74, 6) is -0.102. The molecule has 0 spiro atoms. The maximum atomic E-state index is 12.6. The number of rotatable bonds is 5. The van der Waals surface area contributed by atoms with Crippen molar-refractivity contribution in [3.05, 3.63) is 59.2 Å². The molecule has 142 valence electrons. The second kappa shape index (κ2) is 8.71. The number of carbonyl (C=O) groups excluding carboxylic acids is 2. The third kappa shape index (κ3) is 5.09. The maximum absolute atomic E-state index is 12.6. The first kappa shape index (κ1) is 19.0. The lowest BCUT2D eigenvalue weighted by molar-refractivity contribution is -0.114. The Kier molecular flexibility index (Phi) is 6.12. The van der Waals surface area contributed by atoms with Crippen LogP contribution < -0.4 is 10.6 Å². The Labute approximate surface area is 160 Å². The van der Waals surface area contributed by atoms with E-state index in [0.29, 0.717) is 11.3 Å². The predicted octanol–water partition coefficient (Wildman–Crippen LogP) is 3.98. The van der Waals surface area contributed by atoms with Crippen molar-refractivity contribution >= 4 is 23.2 Å². The van der Waals surface area contributed by atoms with Crippen LogP contribution in [0.5, 0.6) is 0 Å². The number of hydrogen-bond donors (Lipinski definition) is 2. The van der Waals surface area contributed by atoms with Crippen LogP contribution in [-0.2, 0) is 4.79 Å². The minimum atomic E-state index is -0.143. The number of benzene rings is 2. The third-order valence-corrected chi connectivity index (χ3v) is 5.00. The Hall–Kier alpha value is -2.82. The second-order valence-electron chi connectivity index (χ2n) is 7.13. The zero-order valence-corrected chi connectivity index (χ0v) is 16.0. The highest BCUT2D eigenvalue weighted by Gasteiger charge is 2.18. The van der Waals surface area contributed by atoms with Crippen molar-refractivity contribution in [3.8, 4) is 0 Å². The van der Waals surface area contributed by atoms with Crippen LogP contribution in [0.1, 0.15) is 40.7 Å². The molecule has 5 nitrogen and oxygen atoms in total. The van der Waals surface area contributed by atoms with E-state index in [0.717, 1.165) is 31.6 Å². The highest BCUT2D eigenvalue weighted by Crippen LogP contribution is 2.17. The fraction of sp³-hybridized carbons (Fsp3) is 0.364. The summed E-state index contributed by atoms with van der Waals surface area (Å²) in [6.07, 6.45) is 3.31. The van der Waals surface area contributed by atoms with Crippen molar-refractivity contribution in [2.75, 3.05) is 30.3 Å². The van der Waals surface area contributed by atoms with Gasteiger partial charge in [0.15, 0.2) is 0 Å². The van der Waals surface area contributed by atoms with Gasteiger partial charge >= 0.3 is 0 Å². The topological polar surface area (TPSA) is 61.4 Å². The van der Waals surface area contributed by atoms with Crippen molar-refractivity contribution in [2.45, 2.75) is 33.1 Å². The number of nitrogens with zero attached hydrogens (tertiary/aromatic N) is 1. The molecular weight excluding hydrogens is 338 g/mol. The molecule has 0 atom stereocenters. The highest BCUT2D eigenvalue weighted by molar-refractivity contribution is 5.98. The van der Waals surface area contributed by atoms with Crippen LogP contribution in [0.4, 0.5) is 11.4 Å². The molecular formula is C22H27N3O2. The van der Waals surface area contributed by atoms with Gasteiger partial charge in [0.1, 0.15) is 0 Å². The first-order valence-electron chi connectivity index (χ1n) is 9.53. The Balaban J connectivity index is 1.57. The van der Waals surface area contributed by atoms with Gasteiger partial charge in [-0.05, 0) is 74.6 Å². The molecule has 0 unspecified atom stereocenters. The largest absolute Gasteiger partial charge is 0.376 e. The van der Waals surface area contributed by atoms with Gasteiger partial charge in [-0.15, -0.1) is 0 Å². The number of aryl methyl sites for hydroxylation is 2. The van der Waals surface area contributed by atoms with E-state index in [2.05, 4.69) is 17.6 Å². The molecule has 1 aliphatic rings. The molecule has 2 aromatic carbocycles. The summed E-state index contributed by atoms with van der Waals surface area (Å²) in [5, 5.41) is 6.00. The molecule has 2 amide bonds. The molecule has 0 aliphatic carbocycles. The molecule has 27 heavy (non-hydrogen) atoms. The highest BCUT2D eigenvalue weighted by atomic mass is 16.2. The van der Waals surface area contributed by atoms with E-state index in [9.17, 15) is 9.59 Å². The van der Waals surface area contributed by atoms with E-state index in [1.54, 1.807) is 18.2 Å². The quantitative estimate of drug-likeness (QED) is 0.842. The van der Waals surface area contributed by atoms with Crippen LogP contribution in [0.3, 0.4) is 0 Å². The van der Waals surface area contributed by atoms with Crippen LogP contribution in [0, 0.1) is 13.8 Å². The molecule has 2 aromatic rings. The molecule has 1 aliphatic heterocycles. The average Bonchev–Trinajstić information content (AvgIpc) is 2.69. The van der Waals surface area contributed by atoms with Crippen molar-refractivity contribution in [1.82, 2.24) is 4.90 Å². The Bertz CT molecular complexity index is 826. The van der Waals surface area contributed by atoms with Gasteiger partial charge in [-0.2, -0.15) is 0 Å². The molecule has 1 fully saturated rings. The molecule has 1 saturated heterocycles. The molecule has 1 heterocycles. The Morgan fingerprint density at radius 3 is 2.44 bits per heavy atom. The maximum Gasteiger partial charge on any atom is 0.253 e. The van der Waals surface area contributed by atoms with Crippen molar-refractivity contribution in [1.29, 1.82) is 0 Å². The number of carbonyl (C=O) groups is 2. The van der Waals surface area contributed by atoms with Gasteiger partial charge in [-0.1, -0.05) is 12.1 Å². The Morgan fingerprint density at radius 2 is 1.70 bits per heavy atom. The first-order valence-corrected chi connectivity index (χ1v) is 9.53. The third-order valence-electron chi connectivity index (χ3n) is 5.00. The molecule has 0 bridgehead atoms. The standard InChI is InChI=1S/C22H27N3O2/c1-16-9-10-19(13-17(16)2)23-15-21(26)24-20-8-6-7-18(14-20)22(27)25-11-4-3-5-12-25/h6-10,13-14,23H,3-5,11-12,15H2,1-2H3,(H,24,26). The number of nitrogens with one attached hydrogen (secondary N) is 2. The van der Waals surface area contributed by atoms with Crippen molar-refractivity contribution < 1.29 is 9.59 Å². The molecule has 0 radical (unpaired) electrons. The smallest absolute Gasteiger partial charge is 0.253 e. The van der Waals surface area contributed by atoms with Gasteiger partial charge in [0, 0.05) is 30.0 Å². The zero-order valence-electron chi connectivity index (χ0n) is 16.0. The summed E-state index contributed by atoms with van der Waals surface area (Å²) in [6, 6.07) is 13.2. The predicted molar refractivity (Wildman–Crippen MR) is 109 cm³/mol. The summed E-state index contributed by atoms with van der Waals surface area (Å²) in [6.45, 7) is 5.91. The fourth-order valence-corrected chi connectivity index (χ4v) is 3.25. The summed E-state index contributed by atoms with van der Waals surface area (Å²) >= 11 is 0. The number of anilines is 2. The van der Waals surface area contributed by atoms with Crippen LogP contribution in [0.25, 0.3) is 0 Å². The second-order valence-corrected chi connectivity index (χ2v) is 7.13. The monoisotopic (exact) mass is 365 g/mol. The number of likely N-dealkylation sites (tertiary alicyclic amines) is 1. The van der Waals surface area contributed by atoms with Gasteiger partial charge in [0.25, 0.3) is 5.91 Å². The SMILES string of the molecule is Cc1ccc(NCC(=O)Nc2cccc(C(=O)N3CCCCC3)c2)cc1C. The average molecular weight is 365 g/mol.